The first-order chi connectivity index (χ1) is 16.4. The number of rotatable bonds is 8. The third-order valence-corrected chi connectivity index (χ3v) is 8.53. The highest BCUT2D eigenvalue weighted by Crippen LogP contribution is 2.36. The summed E-state index contributed by atoms with van der Waals surface area (Å²) in [5.74, 6) is 0.215. The van der Waals surface area contributed by atoms with Gasteiger partial charge in [0, 0.05) is 42.3 Å². The van der Waals surface area contributed by atoms with E-state index in [0.29, 0.717) is 41.7 Å². The van der Waals surface area contributed by atoms with E-state index in [4.69, 9.17) is 16.3 Å². The highest BCUT2D eigenvalue weighted by molar-refractivity contribution is 7.89. The van der Waals surface area contributed by atoms with Crippen molar-refractivity contribution in [3.63, 3.8) is 0 Å². The van der Waals surface area contributed by atoms with Gasteiger partial charge in [0.1, 0.15) is 6.61 Å². The summed E-state index contributed by atoms with van der Waals surface area (Å²) in [4.78, 5) is 16.3. The van der Waals surface area contributed by atoms with Gasteiger partial charge in [-0.3, -0.25) is 4.98 Å². The predicted octanol–water partition coefficient (Wildman–Crippen LogP) is 4.99. The van der Waals surface area contributed by atoms with E-state index >= 15 is 0 Å². The second kappa shape index (κ2) is 10.7. The Hall–Kier alpha value is -2.68. The van der Waals surface area contributed by atoms with Crippen LogP contribution in [0, 0.1) is 5.92 Å². The molecule has 0 aliphatic carbocycles. The molecule has 34 heavy (non-hydrogen) atoms. The lowest BCUT2D eigenvalue weighted by molar-refractivity contribution is 0.139. The molecule has 1 N–H and O–H groups in total. The molecule has 1 fully saturated rings. The second-order valence-corrected chi connectivity index (χ2v) is 10.8. The Morgan fingerprint density at radius 3 is 2.76 bits per heavy atom. The van der Waals surface area contributed by atoms with Crippen LogP contribution in [0.4, 0.5) is 4.79 Å². The first kappa shape index (κ1) is 24.4. The van der Waals surface area contributed by atoms with Gasteiger partial charge in [-0.25, -0.2) is 13.2 Å². The van der Waals surface area contributed by atoms with Gasteiger partial charge in [0.25, 0.3) is 0 Å². The zero-order valence-electron chi connectivity index (χ0n) is 19.0. The van der Waals surface area contributed by atoms with Crippen molar-refractivity contribution in [2.75, 3.05) is 13.1 Å². The number of benzene rings is 2. The van der Waals surface area contributed by atoms with Crippen LogP contribution in [0.1, 0.15) is 31.7 Å². The molecule has 0 spiro atoms. The molecule has 1 aliphatic rings. The maximum Gasteiger partial charge on any atom is 0.407 e. The van der Waals surface area contributed by atoms with Gasteiger partial charge in [0.2, 0.25) is 10.0 Å². The van der Waals surface area contributed by atoms with Crippen molar-refractivity contribution < 1.29 is 17.9 Å². The van der Waals surface area contributed by atoms with Crippen LogP contribution in [-0.4, -0.2) is 42.9 Å². The lowest BCUT2D eigenvalue weighted by Gasteiger charge is -2.27. The Morgan fingerprint density at radius 2 is 1.97 bits per heavy atom. The topological polar surface area (TPSA) is 88.6 Å². The Bertz CT molecular complexity index is 1250. The van der Waals surface area contributed by atoms with Crippen LogP contribution in [0.15, 0.2) is 65.8 Å². The summed E-state index contributed by atoms with van der Waals surface area (Å²) in [5.41, 5.74) is 0.919. The number of alkyl carbamates (subject to hydrolysis) is 1. The molecule has 1 amide bonds. The van der Waals surface area contributed by atoms with Crippen molar-refractivity contribution in [1.29, 1.82) is 0 Å². The first-order valence-electron chi connectivity index (χ1n) is 11.4. The molecular weight excluding hydrogens is 474 g/mol. The average Bonchev–Trinajstić information content (AvgIpc) is 3.22. The molecule has 2 heterocycles. The fraction of sp³-hybridized carbons (Fsp3) is 0.360. The third-order valence-electron chi connectivity index (χ3n) is 6.28. The summed E-state index contributed by atoms with van der Waals surface area (Å²) < 4.78 is 34.2. The molecule has 7 nitrogen and oxygen atoms in total. The summed E-state index contributed by atoms with van der Waals surface area (Å²) >= 11 is 6.34. The maximum absolute atomic E-state index is 13.7. The molecular formula is C25H28ClN3O4S. The van der Waals surface area contributed by atoms with E-state index in [1.807, 2.05) is 30.3 Å². The molecule has 4 rings (SSSR count). The third kappa shape index (κ3) is 5.35. The van der Waals surface area contributed by atoms with E-state index in [1.165, 1.54) is 6.20 Å². The molecule has 1 saturated heterocycles. The standard InChI is InChI=1S/C25H28ClN3O4S/c1-18-12-14-29(34(31,32)23-11-5-9-20-15-27-16-21(26)24(20)23)22(18)10-6-13-28-25(30)33-17-19-7-3-2-4-8-19/h2-5,7-9,11,15-16,18,22H,6,10,12-14,17H2,1H3,(H,28,30). The smallest absolute Gasteiger partial charge is 0.407 e. The number of carbonyl (C=O) groups excluding carboxylic acids is 1. The summed E-state index contributed by atoms with van der Waals surface area (Å²) in [6.07, 6.45) is 4.67. The normalized spacial score (nSPS) is 18.8. The molecule has 2 atom stereocenters. The van der Waals surface area contributed by atoms with E-state index in [9.17, 15) is 13.2 Å². The Morgan fingerprint density at radius 1 is 1.18 bits per heavy atom. The van der Waals surface area contributed by atoms with Crippen LogP contribution in [0.2, 0.25) is 5.02 Å². The van der Waals surface area contributed by atoms with Crippen molar-refractivity contribution in [1.82, 2.24) is 14.6 Å². The molecule has 0 bridgehead atoms. The SMILES string of the molecule is CC1CCN(S(=O)(=O)c2cccc3cncc(Cl)c23)C1CCCNC(=O)OCc1ccccc1. The summed E-state index contributed by atoms with van der Waals surface area (Å²) in [7, 11) is -3.75. The van der Waals surface area contributed by atoms with Crippen LogP contribution >= 0.6 is 11.6 Å². The minimum Gasteiger partial charge on any atom is -0.445 e. The van der Waals surface area contributed by atoms with Crippen LogP contribution in [0.3, 0.4) is 0 Å². The zero-order valence-corrected chi connectivity index (χ0v) is 20.6. The minimum absolute atomic E-state index is 0.150. The van der Waals surface area contributed by atoms with Gasteiger partial charge >= 0.3 is 6.09 Å². The number of nitrogens with zero attached hydrogens (tertiary/aromatic N) is 2. The largest absolute Gasteiger partial charge is 0.445 e. The Kier molecular flexibility index (Phi) is 7.70. The first-order valence-corrected chi connectivity index (χ1v) is 13.2. The number of pyridine rings is 1. The Balaban J connectivity index is 1.38. The van der Waals surface area contributed by atoms with Crippen molar-refractivity contribution >= 4 is 38.5 Å². The van der Waals surface area contributed by atoms with Crippen molar-refractivity contribution in [2.45, 2.75) is 43.7 Å². The van der Waals surface area contributed by atoms with Gasteiger partial charge in [0.15, 0.2) is 0 Å². The fourth-order valence-electron chi connectivity index (χ4n) is 4.48. The molecule has 3 aromatic rings. The van der Waals surface area contributed by atoms with Crippen LogP contribution < -0.4 is 5.32 Å². The number of carbonyl (C=O) groups is 1. The highest BCUT2D eigenvalue weighted by atomic mass is 35.5. The molecule has 9 heteroatoms. The highest BCUT2D eigenvalue weighted by Gasteiger charge is 2.39. The van der Waals surface area contributed by atoms with Crippen LogP contribution in [0.25, 0.3) is 10.8 Å². The van der Waals surface area contributed by atoms with E-state index in [0.717, 1.165) is 12.0 Å². The fourth-order valence-corrected chi connectivity index (χ4v) is 6.80. The lowest BCUT2D eigenvalue weighted by Crippen LogP contribution is -2.38. The number of hydrogen-bond acceptors (Lipinski definition) is 5. The van der Waals surface area contributed by atoms with E-state index in [1.54, 1.807) is 28.7 Å². The van der Waals surface area contributed by atoms with E-state index in [-0.39, 0.29) is 23.5 Å². The van der Waals surface area contributed by atoms with Crippen LogP contribution in [-0.2, 0) is 21.4 Å². The van der Waals surface area contributed by atoms with Crippen molar-refractivity contribution in [2.24, 2.45) is 5.92 Å². The lowest BCUT2D eigenvalue weighted by atomic mass is 9.99. The number of amides is 1. The van der Waals surface area contributed by atoms with Crippen molar-refractivity contribution in [3.05, 3.63) is 71.5 Å². The number of aromatic nitrogens is 1. The number of hydrogen-bond donors (Lipinski definition) is 1. The van der Waals surface area contributed by atoms with Crippen molar-refractivity contribution in [3.8, 4) is 0 Å². The number of halogens is 1. The predicted molar refractivity (Wildman–Crippen MR) is 132 cm³/mol. The molecule has 0 saturated carbocycles. The summed E-state index contributed by atoms with van der Waals surface area (Å²) in [6, 6.07) is 14.4. The van der Waals surface area contributed by atoms with Gasteiger partial charge in [-0.05, 0) is 36.8 Å². The molecule has 2 unspecified atom stereocenters. The van der Waals surface area contributed by atoms with Gasteiger partial charge in [-0.1, -0.05) is 61.0 Å². The molecule has 2 aromatic carbocycles. The maximum atomic E-state index is 13.7. The molecule has 1 aromatic heterocycles. The van der Waals surface area contributed by atoms with E-state index < -0.39 is 16.1 Å². The van der Waals surface area contributed by atoms with Gasteiger partial charge in [-0.2, -0.15) is 4.31 Å². The second-order valence-electron chi connectivity index (χ2n) is 8.56. The number of fused-ring (bicyclic) bond motifs is 1. The Labute approximate surface area is 205 Å². The quantitative estimate of drug-likeness (QED) is 0.439. The number of ether oxygens (including phenoxy) is 1. The molecule has 1 aliphatic heterocycles. The van der Waals surface area contributed by atoms with E-state index in [2.05, 4.69) is 17.2 Å². The number of sulfonamides is 1. The zero-order chi connectivity index (χ0) is 24.1. The summed E-state index contributed by atoms with van der Waals surface area (Å²) in [6.45, 7) is 3.15. The molecule has 180 valence electrons. The van der Waals surface area contributed by atoms with Gasteiger partial charge in [0.05, 0.1) is 9.92 Å². The molecule has 0 radical (unpaired) electrons. The summed E-state index contributed by atoms with van der Waals surface area (Å²) in [5, 5.41) is 4.26. The number of nitrogens with one attached hydrogen (secondary N) is 1. The monoisotopic (exact) mass is 501 g/mol. The average molecular weight is 502 g/mol. The van der Waals surface area contributed by atoms with Gasteiger partial charge < -0.3 is 10.1 Å². The van der Waals surface area contributed by atoms with Crippen LogP contribution in [0.5, 0.6) is 0 Å². The van der Waals surface area contributed by atoms with Gasteiger partial charge in [-0.15, -0.1) is 0 Å². The minimum atomic E-state index is -3.75.